The van der Waals surface area contributed by atoms with E-state index in [1.165, 1.54) is 37.7 Å². The predicted molar refractivity (Wildman–Crippen MR) is 69.5 cm³/mol. The van der Waals surface area contributed by atoms with E-state index in [1.807, 2.05) is 17.9 Å². The molecule has 1 fully saturated rings. The van der Waals surface area contributed by atoms with E-state index in [0.717, 1.165) is 13.1 Å². The number of nitrogens with two attached hydrogens (primary N) is 1. The Morgan fingerprint density at radius 3 is 2.65 bits per heavy atom. The van der Waals surface area contributed by atoms with Gasteiger partial charge in [-0.15, -0.1) is 0 Å². The smallest absolute Gasteiger partial charge is 0.0534 e. The van der Waals surface area contributed by atoms with E-state index in [4.69, 9.17) is 5.73 Å². The molecule has 0 saturated heterocycles. The fourth-order valence-electron chi connectivity index (χ4n) is 2.95. The summed E-state index contributed by atoms with van der Waals surface area (Å²) >= 11 is 0. The highest BCUT2D eigenvalue weighted by molar-refractivity contribution is 5.05. The monoisotopic (exact) mass is 236 g/mol. The first-order valence-electron chi connectivity index (χ1n) is 6.55. The molecule has 0 unspecified atom stereocenters. The van der Waals surface area contributed by atoms with Gasteiger partial charge in [0.2, 0.25) is 0 Å². The average Bonchev–Trinajstić information content (AvgIpc) is 2.75. The van der Waals surface area contributed by atoms with Gasteiger partial charge in [-0.2, -0.15) is 5.10 Å². The Hall–Kier alpha value is -0.870. The van der Waals surface area contributed by atoms with Crippen molar-refractivity contribution in [3.8, 4) is 0 Å². The highest BCUT2D eigenvalue weighted by Crippen LogP contribution is 2.32. The fraction of sp³-hybridized carbons (Fsp3) is 0.769. The number of hydrogen-bond acceptors (Lipinski definition) is 3. The Kier molecular flexibility index (Phi) is 3.84. The summed E-state index contributed by atoms with van der Waals surface area (Å²) in [6.07, 6.45) is 10.5. The minimum absolute atomic E-state index is 0.216. The van der Waals surface area contributed by atoms with Crippen molar-refractivity contribution in [2.75, 3.05) is 13.6 Å². The molecule has 1 aromatic rings. The summed E-state index contributed by atoms with van der Waals surface area (Å²) in [5, 5.41) is 4.22. The third kappa shape index (κ3) is 2.69. The largest absolute Gasteiger partial charge is 0.329 e. The molecule has 96 valence electrons. The third-order valence-electron chi connectivity index (χ3n) is 4.15. The van der Waals surface area contributed by atoms with Crippen LogP contribution < -0.4 is 5.73 Å². The lowest BCUT2D eigenvalue weighted by atomic mass is 9.80. The fourth-order valence-corrected chi connectivity index (χ4v) is 2.95. The minimum atomic E-state index is 0.216. The van der Waals surface area contributed by atoms with E-state index in [1.54, 1.807) is 0 Å². The standard InChI is InChI=1S/C13H24N4/c1-16(9-12-8-15-17(2)10-12)13(11-14)6-4-3-5-7-13/h8,10H,3-7,9,11,14H2,1-2H3. The highest BCUT2D eigenvalue weighted by Gasteiger charge is 2.34. The Balaban J connectivity index is 2.04. The molecule has 1 saturated carbocycles. The third-order valence-corrected chi connectivity index (χ3v) is 4.15. The number of likely N-dealkylation sites (N-methyl/N-ethyl adjacent to an activating group) is 1. The summed E-state index contributed by atoms with van der Waals surface area (Å²) in [5.74, 6) is 0. The van der Waals surface area contributed by atoms with E-state index >= 15 is 0 Å². The zero-order valence-electron chi connectivity index (χ0n) is 11.0. The van der Waals surface area contributed by atoms with E-state index in [2.05, 4.69) is 23.2 Å². The maximum Gasteiger partial charge on any atom is 0.0534 e. The van der Waals surface area contributed by atoms with Crippen LogP contribution >= 0.6 is 0 Å². The molecule has 0 amide bonds. The van der Waals surface area contributed by atoms with Crippen molar-refractivity contribution < 1.29 is 0 Å². The van der Waals surface area contributed by atoms with Crippen LogP contribution in [0.5, 0.6) is 0 Å². The summed E-state index contributed by atoms with van der Waals surface area (Å²) in [5.41, 5.74) is 7.52. The van der Waals surface area contributed by atoms with Crippen molar-refractivity contribution >= 4 is 0 Å². The van der Waals surface area contributed by atoms with Crippen LogP contribution in [0.4, 0.5) is 0 Å². The van der Waals surface area contributed by atoms with Gasteiger partial charge in [-0.05, 0) is 19.9 Å². The second kappa shape index (κ2) is 5.19. The van der Waals surface area contributed by atoms with Gasteiger partial charge in [0.05, 0.1) is 6.20 Å². The Labute approximate surface area is 104 Å². The van der Waals surface area contributed by atoms with Crippen molar-refractivity contribution in [1.82, 2.24) is 14.7 Å². The van der Waals surface area contributed by atoms with Crippen LogP contribution in [0.1, 0.15) is 37.7 Å². The maximum absolute atomic E-state index is 6.04. The van der Waals surface area contributed by atoms with E-state index in [9.17, 15) is 0 Å². The molecule has 17 heavy (non-hydrogen) atoms. The molecule has 2 N–H and O–H groups in total. The second-order valence-corrected chi connectivity index (χ2v) is 5.37. The molecule has 1 aliphatic carbocycles. The quantitative estimate of drug-likeness (QED) is 0.862. The summed E-state index contributed by atoms with van der Waals surface area (Å²) in [6, 6.07) is 0. The molecule has 0 spiro atoms. The molecule has 0 aliphatic heterocycles. The molecule has 0 radical (unpaired) electrons. The predicted octanol–water partition coefficient (Wildman–Crippen LogP) is 1.51. The molecule has 1 aliphatic rings. The van der Waals surface area contributed by atoms with Crippen molar-refractivity contribution in [3.63, 3.8) is 0 Å². The molecule has 4 nitrogen and oxygen atoms in total. The molecule has 0 aromatic carbocycles. The lowest BCUT2D eigenvalue weighted by Crippen LogP contribution is -2.52. The van der Waals surface area contributed by atoms with Crippen molar-refractivity contribution in [1.29, 1.82) is 0 Å². The van der Waals surface area contributed by atoms with Gasteiger partial charge in [0, 0.05) is 37.4 Å². The molecule has 0 atom stereocenters. The first kappa shape index (κ1) is 12.6. The number of aromatic nitrogens is 2. The Bertz CT molecular complexity index is 352. The summed E-state index contributed by atoms with van der Waals surface area (Å²) in [4.78, 5) is 2.43. The lowest BCUT2D eigenvalue weighted by Gasteiger charge is -2.44. The van der Waals surface area contributed by atoms with Crippen LogP contribution in [0.2, 0.25) is 0 Å². The number of aryl methyl sites for hydroxylation is 1. The van der Waals surface area contributed by atoms with Gasteiger partial charge < -0.3 is 5.73 Å². The Morgan fingerprint density at radius 1 is 1.41 bits per heavy atom. The zero-order chi connectivity index (χ0) is 12.3. The van der Waals surface area contributed by atoms with Crippen molar-refractivity contribution in [2.45, 2.75) is 44.2 Å². The highest BCUT2D eigenvalue weighted by atomic mass is 15.2. The molecule has 0 bridgehead atoms. The topological polar surface area (TPSA) is 47.1 Å². The molecular weight excluding hydrogens is 212 g/mol. The van der Waals surface area contributed by atoms with Gasteiger partial charge in [-0.3, -0.25) is 9.58 Å². The number of rotatable bonds is 4. The van der Waals surface area contributed by atoms with E-state index in [-0.39, 0.29) is 5.54 Å². The van der Waals surface area contributed by atoms with Gasteiger partial charge in [0.1, 0.15) is 0 Å². The molecule has 1 aromatic heterocycles. The van der Waals surface area contributed by atoms with Gasteiger partial charge in [-0.25, -0.2) is 0 Å². The van der Waals surface area contributed by atoms with Crippen molar-refractivity contribution in [3.05, 3.63) is 18.0 Å². The van der Waals surface area contributed by atoms with E-state index in [0.29, 0.717) is 0 Å². The minimum Gasteiger partial charge on any atom is -0.329 e. The van der Waals surface area contributed by atoms with Gasteiger partial charge >= 0.3 is 0 Å². The summed E-state index contributed by atoms with van der Waals surface area (Å²) in [6.45, 7) is 1.72. The lowest BCUT2D eigenvalue weighted by molar-refractivity contribution is 0.0758. The van der Waals surface area contributed by atoms with Gasteiger partial charge in [0.25, 0.3) is 0 Å². The first-order chi connectivity index (χ1) is 8.16. The molecule has 1 heterocycles. The number of nitrogens with zero attached hydrogens (tertiary/aromatic N) is 3. The normalized spacial score (nSPS) is 19.8. The van der Waals surface area contributed by atoms with Crippen LogP contribution in [0.25, 0.3) is 0 Å². The molecular formula is C13H24N4. The van der Waals surface area contributed by atoms with Crippen molar-refractivity contribution in [2.24, 2.45) is 12.8 Å². The molecule has 2 rings (SSSR count). The van der Waals surface area contributed by atoms with Crippen LogP contribution in [0, 0.1) is 0 Å². The summed E-state index contributed by atoms with van der Waals surface area (Å²) in [7, 11) is 4.16. The second-order valence-electron chi connectivity index (χ2n) is 5.37. The van der Waals surface area contributed by atoms with Crippen LogP contribution in [0.15, 0.2) is 12.4 Å². The molecule has 4 heteroatoms. The van der Waals surface area contributed by atoms with Crippen LogP contribution in [-0.2, 0) is 13.6 Å². The van der Waals surface area contributed by atoms with Crippen LogP contribution in [-0.4, -0.2) is 33.8 Å². The Morgan fingerprint density at radius 2 is 2.12 bits per heavy atom. The first-order valence-corrected chi connectivity index (χ1v) is 6.55. The van der Waals surface area contributed by atoms with Crippen LogP contribution in [0.3, 0.4) is 0 Å². The average molecular weight is 236 g/mol. The SMILES string of the molecule is CN(Cc1cnn(C)c1)C1(CN)CCCCC1. The number of hydrogen-bond donors (Lipinski definition) is 1. The van der Waals surface area contributed by atoms with Gasteiger partial charge in [-0.1, -0.05) is 19.3 Å². The zero-order valence-corrected chi connectivity index (χ0v) is 11.0. The maximum atomic E-state index is 6.04. The van der Waals surface area contributed by atoms with E-state index < -0.39 is 0 Å². The summed E-state index contributed by atoms with van der Waals surface area (Å²) < 4.78 is 1.86. The van der Waals surface area contributed by atoms with Gasteiger partial charge in [0.15, 0.2) is 0 Å².